The molecule has 0 rings (SSSR count). The fourth-order valence-electron chi connectivity index (χ4n) is 0.650. The number of carboxylic acids is 1. The van der Waals surface area contributed by atoms with E-state index in [9.17, 15) is 22.8 Å². The van der Waals surface area contributed by atoms with Gasteiger partial charge in [0, 0.05) is 6.61 Å². The highest BCUT2D eigenvalue weighted by Gasteiger charge is 2.40. The van der Waals surface area contributed by atoms with Crippen molar-refractivity contribution in [2.45, 2.75) is 19.1 Å². The van der Waals surface area contributed by atoms with Crippen LogP contribution in [0.2, 0.25) is 0 Å². The molecule has 0 aliphatic carbocycles. The lowest BCUT2D eigenvalue weighted by Gasteiger charge is -2.15. The van der Waals surface area contributed by atoms with Crippen LogP contribution in [0.1, 0.15) is 6.92 Å². The van der Waals surface area contributed by atoms with E-state index in [4.69, 9.17) is 5.11 Å². The number of nitrogens with one attached hydrogen (secondary N) is 1. The van der Waals surface area contributed by atoms with Gasteiger partial charge in [-0.15, -0.1) is 0 Å². The van der Waals surface area contributed by atoms with Gasteiger partial charge in [-0.2, -0.15) is 13.2 Å². The Morgan fingerprint density at radius 2 is 2.00 bits per heavy atom. The van der Waals surface area contributed by atoms with Gasteiger partial charge in [-0.3, -0.25) is 4.79 Å². The molecule has 0 radical (unpaired) electrons. The molecule has 0 aliphatic rings. The summed E-state index contributed by atoms with van der Waals surface area (Å²) in [7, 11) is 0. The quantitative estimate of drug-likeness (QED) is 0.703. The lowest BCUT2D eigenvalue weighted by molar-refractivity contribution is -0.176. The molecule has 1 unspecified atom stereocenters. The Labute approximate surface area is 83.2 Å². The number of halogens is 3. The maximum atomic E-state index is 11.7. The monoisotopic (exact) mass is 229 g/mol. The van der Waals surface area contributed by atoms with Crippen LogP contribution in [-0.4, -0.2) is 42.4 Å². The van der Waals surface area contributed by atoms with Crippen molar-refractivity contribution in [2.75, 3.05) is 13.2 Å². The van der Waals surface area contributed by atoms with Gasteiger partial charge in [0.1, 0.15) is 0 Å². The van der Waals surface area contributed by atoms with E-state index in [1.54, 1.807) is 6.92 Å². The Kier molecular flexibility index (Phi) is 5.06. The minimum absolute atomic E-state index is 0.145. The van der Waals surface area contributed by atoms with E-state index in [-0.39, 0.29) is 6.61 Å². The molecule has 0 aromatic carbocycles. The molecule has 15 heavy (non-hydrogen) atoms. The number of carboxylic acid groups (broad SMARTS) is 1. The second kappa shape index (κ2) is 5.54. The van der Waals surface area contributed by atoms with Crippen molar-refractivity contribution in [1.29, 1.82) is 0 Å². The summed E-state index contributed by atoms with van der Waals surface area (Å²) in [5.74, 6) is -3.88. The lowest BCUT2D eigenvalue weighted by atomic mass is 10.3. The Hall–Kier alpha value is -1.31. The normalized spacial score (nSPS) is 13.3. The molecule has 0 saturated heterocycles. The number of hydrogen-bond acceptors (Lipinski definition) is 3. The summed E-state index contributed by atoms with van der Waals surface area (Å²) >= 11 is 0. The SMILES string of the molecule is CCOCC(NC(=O)C(F)(F)F)C(=O)O. The predicted octanol–water partition coefficient (Wildman–Crippen LogP) is 0.155. The Morgan fingerprint density at radius 1 is 1.47 bits per heavy atom. The lowest BCUT2D eigenvalue weighted by Crippen LogP contribution is -2.49. The summed E-state index contributed by atoms with van der Waals surface area (Å²) in [6.45, 7) is 1.18. The number of hydrogen-bond donors (Lipinski definition) is 2. The summed E-state index contributed by atoms with van der Waals surface area (Å²) in [5, 5.41) is 9.76. The summed E-state index contributed by atoms with van der Waals surface area (Å²) in [6, 6.07) is -1.70. The van der Waals surface area contributed by atoms with Crippen molar-refractivity contribution in [3.8, 4) is 0 Å². The first-order chi connectivity index (χ1) is 6.79. The van der Waals surface area contributed by atoms with E-state index in [0.29, 0.717) is 0 Å². The van der Waals surface area contributed by atoms with Crippen LogP contribution in [-0.2, 0) is 14.3 Å². The van der Waals surface area contributed by atoms with Crippen LogP contribution in [0.15, 0.2) is 0 Å². The molecule has 0 aromatic rings. The Balaban J connectivity index is 4.29. The summed E-state index contributed by atoms with van der Waals surface area (Å²) in [6.07, 6.45) is -5.10. The number of rotatable bonds is 5. The summed E-state index contributed by atoms with van der Waals surface area (Å²) in [4.78, 5) is 20.8. The predicted molar refractivity (Wildman–Crippen MR) is 42.1 cm³/mol. The Bertz CT molecular complexity index is 241. The summed E-state index contributed by atoms with van der Waals surface area (Å²) in [5.41, 5.74) is 0. The summed E-state index contributed by atoms with van der Waals surface area (Å²) < 4.78 is 39.9. The van der Waals surface area contributed by atoms with E-state index in [1.165, 1.54) is 5.32 Å². The maximum Gasteiger partial charge on any atom is 0.471 e. The van der Waals surface area contributed by atoms with Gasteiger partial charge in [0.05, 0.1) is 6.61 Å². The number of aliphatic carboxylic acids is 1. The third-order valence-electron chi connectivity index (χ3n) is 1.35. The van der Waals surface area contributed by atoms with Crippen LogP contribution in [0.5, 0.6) is 0 Å². The van der Waals surface area contributed by atoms with Crippen LogP contribution in [0.4, 0.5) is 13.2 Å². The molecule has 5 nitrogen and oxygen atoms in total. The molecular weight excluding hydrogens is 219 g/mol. The minimum atomic E-state index is -5.10. The van der Waals surface area contributed by atoms with Gasteiger partial charge in [-0.1, -0.05) is 0 Å². The highest BCUT2D eigenvalue weighted by atomic mass is 19.4. The maximum absolute atomic E-state index is 11.7. The third-order valence-corrected chi connectivity index (χ3v) is 1.35. The molecule has 0 aliphatic heterocycles. The van der Waals surface area contributed by atoms with Gasteiger partial charge >= 0.3 is 18.1 Å². The highest BCUT2D eigenvalue weighted by Crippen LogP contribution is 2.14. The van der Waals surface area contributed by atoms with Gasteiger partial charge in [-0.05, 0) is 6.92 Å². The average Bonchev–Trinajstić information content (AvgIpc) is 2.09. The first-order valence-electron chi connectivity index (χ1n) is 3.97. The van der Waals surface area contributed by atoms with E-state index in [1.807, 2.05) is 0 Å². The van der Waals surface area contributed by atoms with Crippen molar-refractivity contribution in [3.05, 3.63) is 0 Å². The fourth-order valence-corrected chi connectivity index (χ4v) is 0.650. The van der Waals surface area contributed by atoms with E-state index >= 15 is 0 Å². The molecule has 0 saturated carbocycles. The molecule has 0 aromatic heterocycles. The molecule has 0 heterocycles. The van der Waals surface area contributed by atoms with Crippen LogP contribution in [0, 0.1) is 0 Å². The molecule has 2 N–H and O–H groups in total. The molecule has 0 bridgehead atoms. The zero-order valence-corrected chi connectivity index (χ0v) is 7.80. The van der Waals surface area contributed by atoms with Gasteiger partial charge in [0.15, 0.2) is 6.04 Å². The molecule has 1 amide bonds. The number of carbonyl (C=O) groups is 2. The molecule has 0 spiro atoms. The van der Waals surface area contributed by atoms with Crippen LogP contribution >= 0.6 is 0 Å². The van der Waals surface area contributed by atoms with Crippen LogP contribution in [0.25, 0.3) is 0 Å². The second-order valence-corrected chi connectivity index (χ2v) is 2.52. The fraction of sp³-hybridized carbons (Fsp3) is 0.714. The molecule has 0 fully saturated rings. The van der Waals surface area contributed by atoms with E-state index < -0.39 is 30.7 Å². The first kappa shape index (κ1) is 13.7. The average molecular weight is 229 g/mol. The Morgan fingerprint density at radius 3 is 2.33 bits per heavy atom. The first-order valence-corrected chi connectivity index (χ1v) is 3.97. The van der Waals surface area contributed by atoms with Crippen molar-refractivity contribution in [3.63, 3.8) is 0 Å². The van der Waals surface area contributed by atoms with Gasteiger partial charge in [0.2, 0.25) is 0 Å². The van der Waals surface area contributed by atoms with Crippen molar-refractivity contribution in [1.82, 2.24) is 5.32 Å². The number of ether oxygens (including phenoxy) is 1. The molecule has 1 atom stereocenters. The van der Waals surface area contributed by atoms with E-state index in [0.717, 1.165) is 0 Å². The molecular formula is C7H10F3NO4. The van der Waals surface area contributed by atoms with Crippen LogP contribution in [0.3, 0.4) is 0 Å². The number of amides is 1. The van der Waals surface area contributed by atoms with Crippen molar-refractivity contribution >= 4 is 11.9 Å². The van der Waals surface area contributed by atoms with Crippen molar-refractivity contribution in [2.24, 2.45) is 0 Å². The smallest absolute Gasteiger partial charge is 0.471 e. The van der Waals surface area contributed by atoms with Gasteiger partial charge in [-0.25, -0.2) is 4.79 Å². The number of carbonyl (C=O) groups excluding carboxylic acids is 1. The van der Waals surface area contributed by atoms with Gasteiger partial charge < -0.3 is 15.2 Å². The zero-order chi connectivity index (χ0) is 12.1. The number of alkyl halides is 3. The van der Waals surface area contributed by atoms with Crippen molar-refractivity contribution < 1.29 is 32.6 Å². The third kappa shape index (κ3) is 5.21. The molecule has 8 heteroatoms. The second-order valence-electron chi connectivity index (χ2n) is 2.52. The van der Waals surface area contributed by atoms with Gasteiger partial charge in [0.25, 0.3) is 0 Å². The minimum Gasteiger partial charge on any atom is -0.480 e. The molecule has 88 valence electrons. The topological polar surface area (TPSA) is 75.6 Å². The standard InChI is InChI=1S/C7H10F3NO4/c1-2-15-3-4(5(12)13)11-6(14)7(8,9)10/h4H,2-3H2,1H3,(H,11,14)(H,12,13). The zero-order valence-electron chi connectivity index (χ0n) is 7.80. The van der Waals surface area contributed by atoms with Crippen LogP contribution < -0.4 is 5.32 Å². The van der Waals surface area contributed by atoms with E-state index in [2.05, 4.69) is 4.74 Å². The highest BCUT2D eigenvalue weighted by molar-refractivity contribution is 5.86. The largest absolute Gasteiger partial charge is 0.480 e.